The zero-order valence-corrected chi connectivity index (χ0v) is 12.2. The van der Waals surface area contributed by atoms with E-state index in [1.165, 1.54) is 0 Å². The van der Waals surface area contributed by atoms with E-state index in [0.717, 1.165) is 27.9 Å². The Morgan fingerprint density at radius 2 is 2.00 bits per heavy atom. The predicted molar refractivity (Wildman–Crippen MR) is 87.1 cm³/mol. The number of carbonyl (C=O) groups excluding carboxylic acids is 1. The maximum absolute atomic E-state index is 12.3. The van der Waals surface area contributed by atoms with Crippen molar-refractivity contribution in [3.63, 3.8) is 0 Å². The minimum atomic E-state index is -0.0652. The fourth-order valence-electron chi connectivity index (χ4n) is 2.37. The molecule has 0 radical (unpaired) electrons. The summed E-state index contributed by atoms with van der Waals surface area (Å²) in [5.41, 5.74) is 2.55. The maximum atomic E-state index is 12.3. The number of nitrogens with one attached hydrogen (secondary N) is 1. The smallest absolute Gasteiger partial charge is 0.228 e. The number of hydrogen-bond acceptors (Lipinski definition) is 3. The number of amides is 1. The molecule has 3 aromatic rings. The zero-order valence-electron chi connectivity index (χ0n) is 12.2. The van der Waals surface area contributed by atoms with Crippen molar-refractivity contribution in [1.29, 1.82) is 0 Å². The normalized spacial score (nSPS) is 10.4. The van der Waals surface area contributed by atoms with Crippen molar-refractivity contribution in [2.24, 2.45) is 0 Å². The standard InChI is InChI=1S/C18H16N2O2/c1-22-14-6-2-5-13(11-14)12-18(21)20-17-9-3-8-16-15(17)7-4-10-19-16/h2-11H,12H2,1H3,(H,20,21). The van der Waals surface area contributed by atoms with Crippen LogP contribution in [0.4, 0.5) is 5.69 Å². The summed E-state index contributed by atoms with van der Waals surface area (Å²) in [6.45, 7) is 0. The van der Waals surface area contributed by atoms with E-state index in [-0.39, 0.29) is 5.91 Å². The van der Waals surface area contributed by atoms with E-state index >= 15 is 0 Å². The van der Waals surface area contributed by atoms with Crippen molar-refractivity contribution in [1.82, 2.24) is 4.98 Å². The van der Waals surface area contributed by atoms with Crippen LogP contribution in [0.2, 0.25) is 0 Å². The third-order valence-corrected chi connectivity index (χ3v) is 3.42. The molecule has 4 nitrogen and oxygen atoms in total. The zero-order chi connectivity index (χ0) is 15.4. The van der Waals surface area contributed by atoms with E-state index in [0.29, 0.717) is 6.42 Å². The van der Waals surface area contributed by atoms with Crippen LogP contribution in [0.5, 0.6) is 5.75 Å². The monoisotopic (exact) mass is 292 g/mol. The summed E-state index contributed by atoms with van der Waals surface area (Å²) in [5.74, 6) is 0.685. The molecule has 1 aromatic heterocycles. The predicted octanol–water partition coefficient (Wildman–Crippen LogP) is 3.42. The van der Waals surface area contributed by atoms with E-state index in [1.54, 1.807) is 13.3 Å². The van der Waals surface area contributed by atoms with Crippen molar-refractivity contribution in [2.45, 2.75) is 6.42 Å². The highest BCUT2D eigenvalue weighted by atomic mass is 16.5. The second kappa shape index (κ2) is 6.26. The molecule has 110 valence electrons. The molecule has 1 N–H and O–H groups in total. The Labute approximate surface area is 128 Å². The van der Waals surface area contributed by atoms with Gasteiger partial charge in [0.2, 0.25) is 5.91 Å². The third kappa shape index (κ3) is 3.06. The van der Waals surface area contributed by atoms with Gasteiger partial charge in [0, 0.05) is 11.6 Å². The lowest BCUT2D eigenvalue weighted by molar-refractivity contribution is -0.115. The van der Waals surface area contributed by atoms with Gasteiger partial charge in [-0.25, -0.2) is 0 Å². The number of pyridine rings is 1. The summed E-state index contributed by atoms with van der Waals surface area (Å²) in [6.07, 6.45) is 2.04. The molecule has 1 amide bonds. The lowest BCUT2D eigenvalue weighted by Crippen LogP contribution is -2.14. The number of benzene rings is 2. The molecular formula is C18H16N2O2. The summed E-state index contributed by atoms with van der Waals surface area (Å²) in [6, 6.07) is 17.0. The Morgan fingerprint density at radius 1 is 1.14 bits per heavy atom. The van der Waals surface area contributed by atoms with Crippen LogP contribution < -0.4 is 10.1 Å². The summed E-state index contributed by atoms with van der Waals surface area (Å²) >= 11 is 0. The van der Waals surface area contributed by atoms with Gasteiger partial charge in [-0.3, -0.25) is 9.78 Å². The molecular weight excluding hydrogens is 276 g/mol. The van der Waals surface area contributed by atoms with Gasteiger partial charge in [-0.1, -0.05) is 18.2 Å². The van der Waals surface area contributed by atoms with E-state index in [1.807, 2.05) is 54.6 Å². The van der Waals surface area contributed by atoms with E-state index in [9.17, 15) is 4.79 Å². The number of nitrogens with zero attached hydrogens (tertiary/aromatic N) is 1. The van der Waals surface area contributed by atoms with Crippen LogP contribution in [-0.4, -0.2) is 18.0 Å². The van der Waals surface area contributed by atoms with Gasteiger partial charge in [-0.2, -0.15) is 0 Å². The number of fused-ring (bicyclic) bond motifs is 1. The Morgan fingerprint density at radius 3 is 2.86 bits per heavy atom. The molecule has 2 aromatic carbocycles. The van der Waals surface area contributed by atoms with Crippen LogP contribution in [-0.2, 0) is 11.2 Å². The molecule has 0 bridgehead atoms. The fraction of sp³-hybridized carbons (Fsp3) is 0.111. The Bertz CT molecular complexity index is 810. The molecule has 3 rings (SSSR count). The average Bonchev–Trinajstić information content (AvgIpc) is 2.55. The second-order valence-corrected chi connectivity index (χ2v) is 4.95. The van der Waals surface area contributed by atoms with Gasteiger partial charge >= 0.3 is 0 Å². The van der Waals surface area contributed by atoms with Gasteiger partial charge < -0.3 is 10.1 Å². The summed E-state index contributed by atoms with van der Waals surface area (Å²) in [7, 11) is 1.61. The highest BCUT2D eigenvalue weighted by molar-refractivity contribution is 6.01. The minimum Gasteiger partial charge on any atom is -0.497 e. The molecule has 4 heteroatoms. The molecule has 0 unspecified atom stereocenters. The first-order valence-corrected chi connectivity index (χ1v) is 7.03. The second-order valence-electron chi connectivity index (χ2n) is 4.95. The largest absolute Gasteiger partial charge is 0.497 e. The first-order valence-electron chi connectivity index (χ1n) is 7.03. The van der Waals surface area contributed by atoms with Gasteiger partial charge in [-0.15, -0.1) is 0 Å². The number of rotatable bonds is 4. The molecule has 0 fully saturated rings. The quantitative estimate of drug-likeness (QED) is 0.801. The lowest BCUT2D eigenvalue weighted by Gasteiger charge is -2.09. The van der Waals surface area contributed by atoms with Crippen LogP contribution in [0.3, 0.4) is 0 Å². The van der Waals surface area contributed by atoms with Crippen molar-refractivity contribution >= 4 is 22.5 Å². The molecule has 22 heavy (non-hydrogen) atoms. The number of aromatic nitrogens is 1. The SMILES string of the molecule is COc1cccc(CC(=O)Nc2cccc3ncccc23)c1. The van der Waals surface area contributed by atoms with Gasteiger partial charge in [-0.05, 0) is 42.0 Å². The maximum Gasteiger partial charge on any atom is 0.228 e. The van der Waals surface area contributed by atoms with Crippen molar-refractivity contribution in [2.75, 3.05) is 12.4 Å². The molecule has 0 aliphatic rings. The van der Waals surface area contributed by atoms with E-state index < -0.39 is 0 Å². The molecule has 0 saturated heterocycles. The van der Waals surface area contributed by atoms with Crippen molar-refractivity contribution < 1.29 is 9.53 Å². The van der Waals surface area contributed by atoms with Gasteiger partial charge in [0.1, 0.15) is 5.75 Å². The minimum absolute atomic E-state index is 0.0652. The lowest BCUT2D eigenvalue weighted by atomic mass is 10.1. The van der Waals surface area contributed by atoms with Gasteiger partial charge in [0.05, 0.1) is 24.7 Å². The number of ether oxygens (including phenoxy) is 1. The number of carbonyl (C=O) groups is 1. The Balaban J connectivity index is 1.78. The third-order valence-electron chi connectivity index (χ3n) is 3.42. The summed E-state index contributed by atoms with van der Waals surface area (Å²) < 4.78 is 5.17. The van der Waals surface area contributed by atoms with Crippen LogP contribution in [0, 0.1) is 0 Å². The topological polar surface area (TPSA) is 51.2 Å². The number of hydrogen-bond donors (Lipinski definition) is 1. The average molecular weight is 292 g/mol. The molecule has 0 aliphatic carbocycles. The molecule has 0 saturated carbocycles. The molecule has 1 heterocycles. The first kappa shape index (κ1) is 14.1. The summed E-state index contributed by atoms with van der Waals surface area (Å²) in [5, 5.41) is 3.89. The van der Waals surface area contributed by atoms with Crippen molar-refractivity contribution in [3.05, 3.63) is 66.4 Å². The van der Waals surface area contributed by atoms with Crippen LogP contribution in [0.15, 0.2) is 60.8 Å². The summed E-state index contributed by atoms with van der Waals surface area (Å²) in [4.78, 5) is 16.5. The molecule has 0 spiro atoms. The van der Waals surface area contributed by atoms with E-state index in [4.69, 9.17) is 4.74 Å². The van der Waals surface area contributed by atoms with E-state index in [2.05, 4.69) is 10.3 Å². The van der Waals surface area contributed by atoms with Gasteiger partial charge in [0.15, 0.2) is 0 Å². The van der Waals surface area contributed by atoms with Crippen LogP contribution >= 0.6 is 0 Å². The van der Waals surface area contributed by atoms with Gasteiger partial charge in [0.25, 0.3) is 0 Å². The number of anilines is 1. The van der Waals surface area contributed by atoms with Crippen molar-refractivity contribution in [3.8, 4) is 5.75 Å². The first-order chi connectivity index (χ1) is 10.8. The Kier molecular flexibility index (Phi) is 4.01. The Hall–Kier alpha value is -2.88. The highest BCUT2D eigenvalue weighted by Gasteiger charge is 2.07. The molecule has 0 atom stereocenters. The fourth-order valence-corrected chi connectivity index (χ4v) is 2.37. The molecule has 0 aliphatic heterocycles. The highest BCUT2D eigenvalue weighted by Crippen LogP contribution is 2.21. The number of methoxy groups -OCH3 is 1. The van der Waals surface area contributed by atoms with Crippen LogP contribution in [0.25, 0.3) is 10.9 Å². The van der Waals surface area contributed by atoms with Crippen LogP contribution in [0.1, 0.15) is 5.56 Å².